The van der Waals surface area contributed by atoms with E-state index in [0.717, 1.165) is 0 Å². The van der Waals surface area contributed by atoms with Crippen LogP contribution in [0.3, 0.4) is 0 Å². The first-order valence-electron chi connectivity index (χ1n) is 25.9. The Kier molecular flexibility index (Phi) is 29.6. The number of carbonyl (C=O) groups excluding carboxylic acids is 11. The van der Waals surface area contributed by atoms with E-state index in [4.69, 9.17) is 27.7 Å². The highest BCUT2D eigenvalue weighted by Gasteiger charge is 2.40. The van der Waals surface area contributed by atoms with Crippen molar-refractivity contribution in [2.24, 2.45) is 51.6 Å². The third kappa shape index (κ3) is 21.5. The molecule has 28 heteroatoms. The Morgan fingerprint density at radius 3 is 1.64 bits per heavy atom. The highest BCUT2D eigenvalue weighted by atomic mass is 16.5. The molecule has 19 N–H and O–H groups in total. The molecule has 10 amide bonds. The molecule has 0 aliphatic carbocycles. The Hall–Kier alpha value is -6.68. The van der Waals surface area contributed by atoms with Gasteiger partial charge in [-0.1, -0.05) is 81.1 Å². The average molecular weight is 1080 g/mol. The van der Waals surface area contributed by atoms with Crippen molar-refractivity contribution in [2.45, 2.75) is 187 Å². The summed E-state index contributed by atoms with van der Waals surface area (Å²) in [4.78, 5) is 153. The average Bonchev–Trinajstić information content (AvgIpc) is 3.38. The van der Waals surface area contributed by atoms with Crippen LogP contribution in [0.25, 0.3) is 0 Å². The smallest absolute Gasteiger partial charge is 0.329 e. The lowest BCUT2D eigenvalue weighted by Crippen LogP contribution is -2.63. The van der Waals surface area contributed by atoms with Crippen LogP contribution in [0, 0.1) is 23.7 Å². The number of aliphatic hydroxyl groups excluding tert-OH is 2. The van der Waals surface area contributed by atoms with E-state index < -0.39 is 169 Å². The normalized spacial score (nSPS) is 22.2. The lowest BCUT2D eigenvalue weighted by Gasteiger charge is -2.31. The number of cyclic esters (lactones) is 1. The minimum atomic E-state index is -1.80. The number of nitrogens with one attached hydrogen (secondary N) is 9. The summed E-state index contributed by atoms with van der Waals surface area (Å²) in [6.45, 7) is 14.3. The number of carbonyl (C=O) groups is 11. The molecular formula is C48H86N14O14. The van der Waals surface area contributed by atoms with Crippen LogP contribution in [0.2, 0.25) is 0 Å². The minimum Gasteiger partial charge on any atom is -0.458 e. The molecule has 1 saturated heterocycles. The van der Waals surface area contributed by atoms with Crippen LogP contribution in [0.5, 0.6) is 0 Å². The molecule has 0 aromatic rings. The first-order chi connectivity index (χ1) is 35.6. The molecule has 1 aliphatic heterocycles. The van der Waals surface area contributed by atoms with Crippen molar-refractivity contribution in [3.63, 3.8) is 0 Å². The zero-order valence-electron chi connectivity index (χ0n) is 45.5. The molecular weight excluding hydrogens is 997 g/mol. The van der Waals surface area contributed by atoms with Gasteiger partial charge in [-0.3, -0.25) is 52.9 Å². The number of esters is 1. The summed E-state index contributed by atoms with van der Waals surface area (Å²) in [7, 11) is 0. The van der Waals surface area contributed by atoms with E-state index in [1.54, 1.807) is 48.5 Å². The molecule has 0 spiro atoms. The van der Waals surface area contributed by atoms with Crippen LogP contribution in [-0.2, 0) is 57.5 Å². The molecule has 0 aromatic carbocycles. The van der Waals surface area contributed by atoms with Gasteiger partial charge in [-0.15, -0.1) is 0 Å². The van der Waals surface area contributed by atoms with Crippen LogP contribution in [0.4, 0.5) is 0 Å². The van der Waals surface area contributed by atoms with Crippen molar-refractivity contribution in [1.29, 1.82) is 0 Å². The van der Waals surface area contributed by atoms with Gasteiger partial charge in [-0.25, -0.2) is 4.79 Å². The Balaban J connectivity index is 3.50. The highest BCUT2D eigenvalue weighted by molar-refractivity contribution is 5.99. The number of aliphatic hydroxyl groups is 2. The van der Waals surface area contributed by atoms with Crippen molar-refractivity contribution in [3.05, 3.63) is 0 Å². The summed E-state index contributed by atoms with van der Waals surface area (Å²) in [5.41, 5.74) is 22.2. The number of nitrogens with two attached hydrogens (primary N) is 4. The maximum atomic E-state index is 14.2. The van der Waals surface area contributed by atoms with Gasteiger partial charge in [0, 0.05) is 13.0 Å². The molecule has 76 heavy (non-hydrogen) atoms. The zero-order chi connectivity index (χ0) is 58.1. The number of aliphatic imine (C=N–C) groups is 1. The molecule has 1 aliphatic rings. The molecule has 0 saturated carbocycles. The Morgan fingerprint density at radius 1 is 0.632 bits per heavy atom. The van der Waals surface area contributed by atoms with E-state index in [0.29, 0.717) is 19.3 Å². The summed E-state index contributed by atoms with van der Waals surface area (Å²) in [6, 6.07) is -14.3. The third-order valence-corrected chi connectivity index (χ3v) is 13.5. The molecule has 15 atom stereocenters. The summed E-state index contributed by atoms with van der Waals surface area (Å²) in [5.74, 6) is -12.4. The standard InChI is InChI=1S/C48H86N14O14/c1-11-22(5)33(50)43(71)57-30(20-63)41(69)56-29(17-18-32(49)65)40(68)59-35(24(7)13-3)45(73)60-34(23(6)12-2)44(72)58-31(21-64)42(70)62-37-27(10)76-47(75)36(25(8)14-4)61-39(67)28(16-15-19-53-48(51)52)55-38(66)26(9)54-46(37)74/h22-31,33-37,63-64H,11-21,50H2,1-10H3,(H2,49,65)(H,54,74)(H,55,66)(H,56,69)(H,57,71)(H,58,72)(H,59,68)(H,60,73)(H,61,67)(H,62,70)(H4,51,52,53)/t22-,23-,24+,25-,26-,27-,28-,29+,30-,31-,33-,34-,35+,36-,37+/m0/s1. The van der Waals surface area contributed by atoms with Crippen LogP contribution >= 0.6 is 0 Å². The molecule has 0 unspecified atom stereocenters. The fraction of sp³-hybridized carbons (Fsp3) is 0.750. The number of primary amides is 1. The SMILES string of the molecule is CC[C@@H](C)[C@@H](NC(=O)[C@@H](CCC(N)=O)NC(=O)[C@H](CO)NC(=O)[C@@H](N)[C@@H](C)CC)C(=O)N[C@H](C(=O)N[C@@H](CO)C(=O)N[C@H]1C(=O)N[C@@H](C)C(=O)N[C@@H](CCCN=C(N)N)C(=O)N[C@@H]([C@@H](C)CC)C(=O)O[C@H]1C)[C@@H](C)CC. The molecule has 0 radical (unpaired) electrons. The summed E-state index contributed by atoms with van der Waals surface area (Å²) >= 11 is 0. The molecule has 1 fully saturated rings. The lowest BCUT2D eigenvalue weighted by molar-refractivity contribution is -0.157. The van der Waals surface area contributed by atoms with Gasteiger partial charge in [-0.05, 0) is 56.8 Å². The lowest BCUT2D eigenvalue weighted by atomic mass is 9.94. The van der Waals surface area contributed by atoms with Crippen LogP contribution in [0.1, 0.15) is 121 Å². The zero-order valence-corrected chi connectivity index (χ0v) is 45.5. The Bertz CT molecular complexity index is 2040. The molecule has 0 bridgehead atoms. The van der Waals surface area contributed by atoms with Gasteiger partial charge in [0.1, 0.15) is 60.5 Å². The second-order valence-electron chi connectivity index (χ2n) is 19.4. The van der Waals surface area contributed by atoms with Crippen molar-refractivity contribution < 1.29 is 67.7 Å². The number of amides is 10. The molecule has 1 rings (SSSR count). The van der Waals surface area contributed by atoms with Crippen LogP contribution < -0.4 is 70.8 Å². The second-order valence-corrected chi connectivity index (χ2v) is 19.4. The fourth-order valence-corrected chi connectivity index (χ4v) is 7.49. The van der Waals surface area contributed by atoms with Gasteiger partial charge in [0.15, 0.2) is 5.96 Å². The van der Waals surface area contributed by atoms with Gasteiger partial charge in [0.05, 0.1) is 19.3 Å². The van der Waals surface area contributed by atoms with Gasteiger partial charge >= 0.3 is 5.97 Å². The number of guanidine groups is 1. The predicted molar refractivity (Wildman–Crippen MR) is 277 cm³/mol. The van der Waals surface area contributed by atoms with E-state index in [2.05, 4.69) is 52.8 Å². The third-order valence-electron chi connectivity index (χ3n) is 13.5. The topological polar surface area (TPSA) is 462 Å². The largest absolute Gasteiger partial charge is 0.458 e. The van der Waals surface area contributed by atoms with E-state index in [9.17, 15) is 63.0 Å². The molecule has 1 heterocycles. The van der Waals surface area contributed by atoms with E-state index in [1.165, 1.54) is 13.8 Å². The summed E-state index contributed by atoms with van der Waals surface area (Å²) in [6.07, 6.45) is -0.501. The maximum absolute atomic E-state index is 14.2. The van der Waals surface area contributed by atoms with Gasteiger partial charge < -0.3 is 85.7 Å². The number of nitrogens with zero attached hydrogens (tertiary/aromatic N) is 1. The number of hydrogen-bond acceptors (Lipinski definition) is 16. The van der Waals surface area contributed by atoms with Gasteiger partial charge in [0.25, 0.3) is 0 Å². The quantitative estimate of drug-likeness (QED) is 0.0145. The van der Waals surface area contributed by atoms with Crippen molar-refractivity contribution in [2.75, 3.05) is 19.8 Å². The highest BCUT2D eigenvalue weighted by Crippen LogP contribution is 2.16. The maximum Gasteiger partial charge on any atom is 0.329 e. The first-order valence-corrected chi connectivity index (χ1v) is 25.9. The predicted octanol–water partition coefficient (Wildman–Crippen LogP) is -4.87. The molecule has 432 valence electrons. The Morgan fingerprint density at radius 2 is 1.13 bits per heavy atom. The van der Waals surface area contributed by atoms with E-state index >= 15 is 0 Å². The van der Waals surface area contributed by atoms with Crippen molar-refractivity contribution >= 4 is 71.0 Å². The fourth-order valence-electron chi connectivity index (χ4n) is 7.49. The van der Waals surface area contributed by atoms with E-state index in [1.807, 2.05) is 6.92 Å². The van der Waals surface area contributed by atoms with E-state index in [-0.39, 0.29) is 44.1 Å². The first kappa shape index (κ1) is 67.3. The van der Waals surface area contributed by atoms with Gasteiger partial charge in [-0.2, -0.15) is 0 Å². The number of hydrogen-bond donors (Lipinski definition) is 15. The summed E-state index contributed by atoms with van der Waals surface area (Å²) in [5, 5.41) is 42.8. The van der Waals surface area contributed by atoms with Crippen molar-refractivity contribution in [1.82, 2.24) is 47.9 Å². The van der Waals surface area contributed by atoms with Gasteiger partial charge in [0.2, 0.25) is 59.1 Å². The number of rotatable bonds is 29. The molecule has 28 nitrogen and oxygen atoms in total. The Labute approximate surface area is 444 Å². The second kappa shape index (κ2) is 33.4. The minimum absolute atomic E-state index is 0.0326. The number of ether oxygens (including phenoxy) is 1. The molecule has 0 aromatic heterocycles. The van der Waals surface area contributed by atoms with Crippen LogP contribution in [-0.4, -0.2) is 167 Å². The van der Waals surface area contributed by atoms with Crippen molar-refractivity contribution in [3.8, 4) is 0 Å². The monoisotopic (exact) mass is 1080 g/mol. The van der Waals surface area contributed by atoms with Crippen LogP contribution in [0.15, 0.2) is 4.99 Å². The summed E-state index contributed by atoms with van der Waals surface area (Å²) < 4.78 is 5.68.